The Morgan fingerprint density at radius 3 is 2.63 bits per heavy atom. The third-order valence-electron chi connectivity index (χ3n) is 3.00. The molecule has 1 aliphatic rings. The second-order valence-electron chi connectivity index (χ2n) is 4.41. The van der Waals surface area contributed by atoms with E-state index in [1.807, 2.05) is 0 Å². The SMILES string of the molecule is Cc1ncc(S(=O)(=O)N2CCCC(S(N)(=O)=O)C2)s1. The number of sulfonamides is 2. The summed E-state index contributed by atoms with van der Waals surface area (Å²) in [7, 11) is -7.38. The topological polar surface area (TPSA) is 110 Å². The molecule has 0 bridgehead atoms. The quantitative estimate of drug-likeness (QED) is 0.834. The van der Waals surface area contributed by atoms with Gasteiger partial charge in [0.2, 0.25) is 10.0 Å². The fourth-order valence-electron chi connectivity index (χ4n) is 1.98. The van der Waals surface area contributed by atoms with E-state index in [1.54, 1.807) is 6.92 Å². The summed E-state index contributed by atoms with van der Waals surface area (Å²) in [5.74, 6) is 0. The largest absolute Gasteiger partial charge is 0.254 e. The molecule has 1 saturated heterocycles. The minimum absolute atomic E-state index is 0.0852. The average molecular weight is 325 g/mol. The van der Waals surface area contributed by atoms with Crippen molar-refractivity contribution < 1.29 is 16.8 Å². The van der Waals surface area contributed by atoms with Gasteiger partial charge < -0.3 is 0 Å². The van der Waals surface area contributed by atoms with Crippen molar-refractivity contribution >= 4 is 31.4 Å². The van der Waals surface area contributed by atoms with Crippen LogP contribution in [0.15, 0.2) is 10.4 Å². The first-order valence-corrected chi connectivity index (χ1v) is 9.52. The maximum atomic E-state index is 12.3. The summed E-state index contributed by atoms with van der Waals surface area (Å²) in [4.78, 5) is 3.92. The first kappa shape index (κ1) is 14.9. The number of primary sulfonamides is 1. The summed E-state index contributed by atoms with van der Waals surface area (Å²) >= 11 is 1.08. The average Bonchev–Trinajstić information content (AvgIpc) is 2.76. The molecule has 0 aromatic carbocycles. The highest BCUT2D eigenvalue weighted by Crippen LogP contribution is 2.26. The number of aromatic nitrogens is 1. The van der Waals surface area contributed by atoms with Gasteiger partial charge in [-0.3, -0.25) is 0 Å². The van der Waals surface area contributed by atoms with E-state index in [1.165, 1.54) is 10.5 Å². The van der Waals surface area contributed by atoms with E-state index in [0.29, 0.717) is 24.4 Å². The van der Waals surface area contributed by atoms with Crippen LogP contribution in [0.3, 0.4) is 0 Å². The molecule has 1 aliphatic heterocycles. The Bertz CT molecular complexity index is 665. The summed E-state index contributed by atoms with van der Waals surface area (Å²) in [6.07, 6.45) is 2.18. The predicted molar refractivity (Wildman–Crippen MR) is 71.7 cm³/mol. The highest BCUT2D eigenvalue weighted by molar-refractivity contribution is 7.91. The number of rotatable bonds is 3. The highest BCUT2D eigenvalue weighted by atomic mass is 32.2. The van der Waals surface area contributed by atoms with E-state index in [4.69, 9.17) is 5.14 Å². The number of thiazole rings is 1. The standard InChI is InChI=1S/C9H15N3O4S3/c1-7-11-5-9(17-7)19(15,16)12-4-2-3-8(6-12)18(10,13)14/h5,8H,2-4,6H2,1H3,(H2,10,13,14). The Morgan fingerprint density at radius 2 is 2.11 bits per heavy atom. The molecule has 108 valence electrons. The minimum Gasteiger partial charge on any atom is -0.249 e. The second kappa shape index (κ2) is 5.09. The molecule has 7 nitrogen and oxygen atoms in total. The molecule has 1 aromatic heterocycles. The third kappa shape index (κ3) is 3.14. The molecular weight excluding hydrogens is 310 g/mol. The van der Waals surface area contributed by atoms with E-state index < -0.39 is 25.3 Å². The van der Waals surface area contributed by atoms with Crippen molar-refractivity contribution in [3.63, 3.8) is 0 Å². The first-order chi connectivity index (χ1) is 8.71. The van der Waals surface area contributed by atoms with Gasteiger partial charge in [0.15, 0.2) is 4.21 Å². The van der Waals surface area contributed by atoms with Gasteiger partial charge in [0, 0.05) is 13.1 Å². The highest BCUT2D eigenvalue weighted by Gasteiger charge is 2.35. The van der Waals surface area contributed by atoms with Crippen molar-refractivity contribution in [2.75, 3.05) is 13.1 Å². The van der Waals surface area contributed by atoms with Crippen molar-refractivity contribution in [2.45, 2.75) is 29.2 Å². The fraction of sp³-hybridized carbons (Fsp3) is 0.667. The van der Waals surface area contributed by atoms with Crippen molar-refractivity contribution in [1.82, 2.24) is 9.29 Å². The number of nitrogens with two attached hydrogens (primary N) is 1. The summed E-state index contributed by atoms with van der Waals surface area (Å²) in [5, 5.41) is 4.92. The van der Waals surface area contributed by atoms with Crippen molar-refractivity contribution in [3.05, 3.63) is 11.2 Å². The molecule has 2 heterocycles. The van der Waals surface area contributed by atoms with Crippen LogP contribution < -0.4 is 5.14 Å². The smallest absolute Gasteiger partial charge is 0.249 e. The van der Waals surface area contributed by atoms with Gasteiger partial charge in [-0.1, -0.05) is 0 Å². The van der Waals surface area contributed by atoms with E-state index in [-0.39, 0.29) is 10.8 Å². The van der Waals surface area contributed by atoms with E-state index in [0.717, 1.165) is 11.3 Å². The number of aryl methyl sites for hydroxylation is 1. The Balaban J connectivity index is 2.27. The van der Waals surface area contributed by atoms with Gasteiger partial charge in [-0.15, -0.1) is 11.3 Å². The Morgan fingerprint density at radius 1 is 1.42 bits per heavy atom. The van der Waals surface area contributed by atoms with Crippen LogP contribution in [0.4, 0.5) is 0 Å². The van der Waals surface area contributed by atoms with Gasteiger partial charge in [-0.05, 0) is 19.8 Å². The molecule has 0 spiro atoms. The molecule has 2 N–H and O–H groups in total. The Kier molecular flexibility index (Phi) is 3.98. The van der Waals surface area contributed by atoms with Crippen LogP contribution in [0.1, 0.15) is 17.8 Å². The van der Waals surface area contributed by atoms with E-state index >= 15 is 0 Å². The molecule has 0 amide bonds. The van der Waals surface area contributed by atoms with Gasteiger partial charge in [-0.2, -0.15) is 4.31 Å². The number of hydrogen-bond donors (Lipinski definition) is 1. The van der Waals surface area contributed by atoms with Crippen LogP contribution in [0.25, 0.3) is 0 Å². The zero-order chi connectivity index (χ0) is 14.3. The number of piperidine rings is 1. The minimum atomic E-state index is -3.71. The third-order valence-corrected chi connectivity index (χ3v) is 7.53. The summed E-state index contributed by atoms with van der Waals surface area (Å²) in [6, 6.07) is 0. The molecule has 19 heavy (non-hydrogen) atoms. The van der Waals surface area contributed by atoms with Gasteiger partial charge in [0.05, 0.1) is 16.5 Å². The fourth-order valence-corrected chi connectivity index (χ4v) is 5.74. The molecule has 1 unspecified atom stereocenters. The molecule has 0 radical (unpaired) electrons. The zero-order valence-electron chi connectivity index (χ0n) is 10.3. The molecule has 1 atom stereocenters. The summed E-state index contributed by atoms with van der Waals surface area (Å²) < 4.78 is 48.7. The van der Waals surface area contributed by atoms with Crippen molar-refractivity contribution in [3.8, 4) is 0 Å². The summed E-state index contributed by atoms with van der Waals surface area (Å²) in [6.45, 7) is 1.94. The van der Waals surface area contributed by atoms with Crippen LogP contribution in [0, 0.1) is 6.92 Å². The lowest BCUT2D eigenvalue weighted by molar-refractivity contribution is 0.346. The Labute approximate surface area is 116 Å². The molecular formula is C9H15N3O4S3. The maximum absolute atomic E-state index is 12.3. The van der Waals surface area contributed by atoms with Crippen LogP contribution in [0.5, 0.6) is 0 Å². The lowest BCUT2D eigenvalue weighted by atomic mass is 10.2. The molecule has 1 aromatic rings. The van der Waals surface area contributed by atoms with Crippen molar-refractivity contribution in [1.29, 1.82) is 0 Å². The number of nitrogens with zero attached hydrogens (tertiary/aromatic N) is 2. The molecule has 2 rings (SSSR count). The first-order valence-electron chi connectivity index (χ1n) is 5.65. The van der Waals surface area contributed by atoms with Gasteiger partial charge in [-0.25, -0.2) is 27.0 Å². The Hall–Kier alpha value is -0.550. The second-order valence-corrected chi connectivity index (χ2v) is 9.66. The molecule has 0 saturated carbocycles. The lowest BCUT2D eigenvalue weighted by Gasteiger charge is -2.30. The van der Waals surface area contributed by atoms with Gasteiger partial charge in [0.25, 0.3) is 10.0 Å². The molecule has 10 heteroatoms. The normalized spacial score (nSPS) is 22.5. The monoisotopic (exact) mass is 325 g/mol. The van der Waals surface area contributed by atoms with Gasteiger partial charge in [0.1, 0.15) is 0 Å². The van der Waals surface area contributed by atoms with Gasteiger partial charge >= 0.3 is 0 Å². The van der Waals surface area contributed by atoms with E-state index in [2.05, 4.69) is 4.98 Å². The predicted octanol–water partition coefficient (Wildman–Crippen LogP) is -0.107. The van der Waals surface area contributed by atoms with Crippen LogP contribution >= 0.6 is 11.3 Å². The molecule has 1 fully saturated rings. The molecule has 0 aliphatic carbocycles. The summed E-state index contributed by atoms with van der Waals surface area (Å²) in [5.41, 5.74) is 0. The number of hydrogen-bond acceptors (Lipinski definition) is 6. The zero-order valence-corrected chi connectivity index (χ0v) is 12.8. The van der Waals surface area contributed by atoms with Crippen LogP contribution in [0.2, 0.25) is 0 Å². The lowest BCUT2D eigenvalue weighted by Crippen LogP contribution is -2.46. The van der Waals surface area contributed by atoms with Crippen LogP contribution in [-0.4, -0.2) is 44.5 Å². The van der Waals surface area contributed by atoms with E-state index in [9.17, 15) is 16.8 Å². The maximum Gasteiger partial charge on any atom is 0.254 e. The van der Waals surface area contributed by atoms with Crippen molar-refractivity contribution in [2.24, 2.45) is 5.14 Å². The van der Waals surface area contributed by atoms with Crippen LogP contribution in [-0.2, 0) is 20.0 Å².